The molecular weight excluding hydrogens is 436 g/mol. The number of pyridine rings is 1. The predicted octanol–water partition coefficient (Wildman–Crippen LogP) is 3.04. The van der Waals surface area contributed by atoms with Crippen LogP contribution < -0.4 is 15.5 Å². The summed E-state index contributed by atoms with van der Waals surface area (Å²) >= 11 is 0. The molecule has 0 aliphatic carbocycles. The smallest absolute Gasteiger partial charge is 0.101 e. The van der Waals surface area contributed by atoms with Gasteiger partial charge in [-0.1, -0.05) is 6.07 Å². The first-order chi connectivity index (χ1) is 17.1. The molecule has 3 aromatic rings. The largest absolute Gasteiger partial charge is 0.380 e. The Labute approximate surface area is 205 Å². The number of rotatable bonds is 2. The van der Waals surface area contributed by atoms with Crippen molar-refractivity contribution < 1.29 is 4.74 Å². The molecule has 7 nitrogen and oxygen atoms in total. The van der Waals surface area contributed by atoms with Gasteiger partial charge in [0, 0.05) is 67.8 Å². The van der Waals surface area contributed by atoms with Crippen LogP contribution in [0.15, 0.2) is 48.7 Å². The fourth-order valence-electron chi connectivity index (χ4n) is 6.69. The molecule has 0 radical (unpaired) electrons. The number of anilines is 2. The van der Waals surface area contributed by atoms with Gasteiger partial charge in [0.25, 0.3) is 0 Å². The number of nitriles is 1. The van der Waals surface area contributed by atoms with E-state index < -0.39 is 0 Å². The third-order valence-corrected chi connectivity index (χ3v) is 8.74. The molecular formula is C28H30N6O. The molecule has 4 aliphatic rings. The number of benzene rings is 2. The van der Waals surface area contributed by atoms with E-state index in [1.165, 1.54) is 22.5 Å². The van der Waals surface area contributed by atoms with E-state index in [9.17, 15) is 5.26 Å². The first-order valence-electron chi connectivity index (χ1n) is 12.6. The van der Waals surface area contributed by atoms with Gasteiger partial charge in [0.15, 0.2) is 0 Å². The van der Waals surface area contributed by atoms with Gasteiger partial charge < -0.3 is 20.3 Å². The number of hydrogen-bond acceptors (Lipinski definition) is 7. The van der Waals surface area contributed by atoms with E-state index in [1.54, 1.807) is 6.20 Å². The molecule has 0 amide bonds. The van der Waals surface area contributed by atoms with E-state index in [1.807, 2.05) is 12.1 Å². The van der Waals surface area contributed by atoms with E-state index in [0.29, 0.717) is 17.6 Å². The first kappa shape index (κ1) is 21.1. The normalized spacial score (nSPS) is 27.1. The van der Waals surface area contributed by atoms with Gasteiger partial charge in [-0.2, -0.15) is 5.26 Å². The topological polar surface area (TPSA) is 81.7 Å². The van der Waals surface area contributed by atoms with Gasteiger partial charge in [0.1, 0.15) is 6.07 Å². The summed E-state index contributed by atoms with van der Waals surface area (Å²) < 4.78 is 5.51. The highest BCUT2D eigenvalue weighted by Gasteiger charge is 2.50. The second kappa shape index (κ2) is 7.66. The molecule has 5 heterocycles. The molecule has 3 saturated heterocycles. The van der Waals surface area contributed by atoms with Gasteiger partial charge in [0.2, 0.25) is 0 Å². The zero-order valence-corrected chi connectivity index (χ0v) is 20.0. The van der Waals surface area contributed by atoms with E-state index in [0.717, 1.165) is 56.8 Å². The minimum atomic E-state index is 0.143. The quantitative estimate of drug-likeness (QED) is 0.622. The van der Waals surface area contributed by atoms with Crippen LogP contribution in [0.1, 0.15) is 29.7 Å². The molecule has 1 spiro atoms. The number of fused-ring (bicyclic) bond motifs is 4. The van der Waals surface area contributed by atoms with Crippen LogP contribution in [0.3, 0.4) is 0 Å². The second-order valence-corrected chi connectivity index (χ2v) is 10.8. The molecule has 2 unspecified atom stereocenters. The number of nitrogens with two attached hydrogens (primary N) is 1. The van der Waals surface area contributed by atoms with Crippen LogP contribution >= 0.6 is 0 Å². The zero-order chi connectivity index (χ0) is 23.7. The van der Waals surface area contributed by atoms with E-state index >= 15 is 0 Å². The first-order valence-corrected chi connectivity index (χ1v) is 12.6. The molecule has 7 rings (SSSR count). The van der Waals surface area contributed by atoms with Crippen LogP contribution in [-0.2, 0) is 11.3 Å². The molecule has 4 aliphatic heterocycles. The maximum atomic E-state index is 9.55. The summed E-state index contributed by atoms with van der Waals surface area (Å²) in [5.41, 5.74) is 13.4. The summed E-state index contributed by atoms with van der Waals surface area (Å²) in [4.78, 5) is 12.1. The van der Waals surface area contributed by atoms with Crippen LogP contribution in [0.4, 0.5) is 11.4 Å². The average molecular weight is 467 g/mol. The summed E-state index contributed by atoms with van der Waals surface area (Å²) in [6, 6.07) is 18.4. The van der Waals surface area contributed by atoms with Crippen LogP contribution in [0.5, 0.6) is 0 Å². The van der Waals surface area contributed by atoms with E-state index in [2.05, 4.69) is 63.0 Å². The number of piperazine rings is 1. The fourth-order valence-corrected chi connectivity index (χ4v) is 6.69. The van der Waals surface area contributed by atoms with Gasteiger partial charge >= 0.3 is 0 Å². The van der Waals surface area contributed by atoms with Crippen LogP contribution in [-0.4, -0.2) is 61.4 Å². The maximum absolute atomic E-state index is 9.55. The molecule has 35 heavy (non-hydrogen) atoms. The molecule has 3 fully saturated rings. The minimum Gasteiger partial charge on any atom is -0.380 e. The number of nitrogens with zero attached hydrogens (tertiary/aromatic N) is 5. The van der Waals surface area contributed by atoms with Crippen LogP contribution in [0.25, 0.3) is 10.9 Å². The van der Waals surface area contributed by atoms with Gasteiger partial charge in [-0.25, -0.2) is 0 Å². The van der Waals surface area contributed by atoms with Crippen molar-refractivity contribution in [3.63, 3.8) is 0 Å². The Morgan fingerprint density at radius 2 is 2.00 bits per heavy atom. The van der Waals surface area contributed by atoms with Crippen molar-refractivity contribution in [1.29, 1.82) is 5.26 Å². The monoisotopic (exact) mass is 466 g/mol. The van der Waals surface area contributed by atoms with Crippen molar-refractivity contribution in [2.75, 3.05) is 49.2 Å². The maximum Gasteiger partial charge on any atom is 0.101 e. The van der Waals surface area contributed by atoms with Crippen molar-refractivity contribution in [2.45, 2.75) is 31.6 Å². The zero-order valence-electron chi connectivity index (χ0n) is 20.0. The predicted molar refractivity (Wildman–Crippen MR) is 136 cm³/mol. The van der Waals surface area contributed by atoms with Crippen LogP contribution in [0, 0.1) is 16.7 Å². The van der Waals surface area contributed by atoms with Crippen molar-refractivity contribution in [3.8, 4) is 6.07 Å². The standard InChI is InChI=1S/C28H30N6O/c1-18-11-32(24-7-4-19(10-29)27-23(24)3-2-8-31-27)13-25-22-6-5-21(9-20(22)12-34(18)25)33-14-26(30)28(15-33)16-35-17-28/h2-9,18,25-26H,11-17,30H2,1H3/t18-,25?,26?/m1/s1. The van der Waals surface area contributed by atoms with E-state index in [-0.39, 0.29) is 11.5 Å². The lowest BCUT2D eigenvalue weighted by molar-refractivity contribution is -0.106. The van der Waals surface area contributed by atoms with Crippen molar-refractivity contribution in [3.05, 3.63) is 65.4 Å². The highest BCUT2D eigenvalue weighted by Crippen LogP contribution is 2.44. The SMILES string of the molecule is C[C@@H]1CN(c2ccc(C#N)c3ncccc23)CC2c3ccc(N4CC(N)C5(COC5)C4)cc3CN21. The lowest BCUT2D eigenvalue weighted by Crippen LogP contribution is -2.54. The highest BCUT2D eigenvalue weighted by molar-refractivity contribution is 5.95. The summed E-state index contributed by atoms with van der Waals surface area (Å²) in [5, 5.41) is 10.6. The van der Waals surface area contributed by atoms with Crippen LogP contribution in [0.2, 0.25) is 0 Å². The Bertz CT molecular complexity index is 1360. The summed E-state index contributed by atoms with van der Waals surface area (Å²) in [7, 11) is 0. The Morgan fingerprint density at radius 3 is 2.77 bits per heavy atom. The lowest BCUT2D eigenvalue weighted by atomic mass is 9.82. The van der Waals surface area contributed by atoms with Gasteiger partial charge in [-0.05, 0) is 54.4 Å². The highest BCUT2D eigenvalue weighted by atomic mass is 16.5. The second-order valence-electron chi connectivity index (χ2n) is 10.8. The molecule has 7 heteroatoms. The Morgan fingerprint density at radius 1 is 1.11 bits per heavy atom. The van der Waals surface area contributed by atoms with Gasteiger partial charge in [0.05, 0.1) is 35.8 Å². The van der Waals surface area contributed by atoms with Crippen molar-refractivity contribution in [1.82, 2.24) is 9.88 Å². The average Bonchev–Trinajstić information content (AvgIpc) is 3.41. The summed E-state index contributed by atoms with van der Waals surface area (Å²) in [6.45, 7) is 8.68. The van der Waals surface area contributed by atoms with Gasteiger partial charge in [-0.3, -0.25) is 9.88 Å². The Kier molecular flexibility index (Phi) is 4.62. The minimum absolute atomic E-state index is 0.143. The van der Waals surface area contributed by atoms with Crippen molar-refractivity contribution >= 4 is 22.3 Å². The van der Waals surface area contributed by atoms with E-state index in [4.69, 9.17) is 10.5 Å². The molecule has 2 aromatic carbocycles. The fraction of sp³-hybridized carbons (Fsp3) is 0.429. The summed E-state index contributed by atoms with van der Waals surface area (Å²) in [5.74, 6) is 0. The van der Waals surface area contributed by atoms with Gasteiger partial charge in [-0.15, -0.1) is 0 Å². The molecule has 0 saturated carbocycles. The Balaban J connectivity index is 1.19. The molecule has 1 aromatic heterocycles. The molecule has 0 bridgehead atoms. The Hall–Kier alpha value is -3.18. The third kappa shape index (κ3) is 3.10. The van der Waals surface area contributed by atoms with Crippen molar-refractivity contribution in [2.24, 2.45) is 11.1 Å². The number of aromatic nitrogens is 1. The molecule has 178 valence electrons. The number of hydrogen-bond donors (Lipinski definition) is 1. The summed E-state index contributed by atoms with van der Waals surface area (Å²) in [6.07, 6.45) is 1.77. The molecule has 2 N–H and O–H groups in total. The molecule has 3 atom stereocenters. The number of ether oxygens (including phenoxy) is 1. The third-order valence-electron chi connectivity index (χ3n) is 8.74. The lowest BCUT2D eigenvalue weighted by Gasteiger charge is -2.44.